The number of hydrogen-bond acceptors (Lipinski definition) is 0. The van der Waals surface area contributed by atoms with E-state index < -0.39 is 0 Å². The zero-order chi connectivity index (χ0) is 42.0. The van der Waals surface area contributed by atoms with Crippen LogP contribution in [0.4, 0.5) is 0 Å². The minimum Gasteiger partial charge on any atom is -0.341 e. The van der Waals surface area contributed by atoms with Crippen LogP contribution in [0, 0.1) is 0 Å². The molecule has 1 nitrogen and oxygen atoms in total. The molecule has 61 heavy (non-hydrogen) atoms. The number of aryl methyl sites for hydroxylation is 1. The highest BCUT2D eigenvalue weighted by atomic mass is 15.0. The molecule has 0 fully saturated rings. The van der Waals surface area contributed by atoms with Gasteiger partial charge in [-0.05, 0) is 142 Å². The number of rotatable bonds is 6. The highest BCUT2D eigenvalue weighted by Crippen LogP contribution is 2.46. The quantitative estimate of drug-likeness (QED) is 0.148. The van der Waals surface area contributed by atoms with Crippen LogP contribution in [-0.2, 0) is 17.4 Å². The van der Waals surface area contributed by atoms with Crippen LogP contribution in [0.1, 0.15) is 59.6 Å². The van der Waals surface area contributed by atoms with Crippen molar-refractivity contribution in [1.29, 1.82) is 0 Å². The van der Waals surface area contributed by atoms with Crippen LogP contribution in [0.25, 0.3) is 99.0 Å². The summed E-state index contributed by atoms with van der Waals surface area (Å²) in [5.74, 6) is 0. The smallest absolute Gasteiger partial charge is 0.0491 e. The van der Waals surface area contributed by atoms with E-state index in [9.17, 15) is 0 Å². The fourth-order valence-corrected chi connectivity index (χ4v) is 9.51. The molecule has 0 amide bonds. The van der Waals surface area contributed by atoms with E-state index in [0.29, 0.717) is 0 Å². The summed E-state index contributed by atoms with van der Waals surface area (Å²) in [6.07, 6.45) is 0. The summed E-state index contributed by atoms with van der Waals surface area (Å²) in [5, 5.41) is 7.79. The van der Waals surface area contributed by atoms with E-state index >= 15 is 0 Å². The molecule has 1 aromatic heterocycles. The van der Waals surface area contributed by atoms with E-state index in [1.54, 1.807) is 0 Å². The molecular formula is C60H53N. The zero-order valence-corrected chi connectivity index (χ0v) is 36.5. The van der Waals surface area contributed by atoms with E-state index in [0.717, 1.165) is 6.54 Å². The maximum absolute atomic E-state index is 2.46. The van der Waals surface area contributed by atoms with E-state index in [-0.39, 0.29) is 10.8 Å². The molecular weight excluding hydrogens is 735 g/mol. The van der Waals surface area contributed by atoms with E-state index in [4.69, 9.17) is 0 Å². The van der Waals surface area contributed by atoms with Gasteiger partial charge >= 0.3 is 0 Å². The molecule has 0 N–H and O–H groups in total. The van der Waals surface area contributed by atoms with Gasteiger partial charge in [0.25, 0.3) is 0 Å². The Morgan fingerprint density at radius 1 is 0.311 bits per heavy atom. The first-order valence-corrected chi connectivity index (χ1v) is 21.9. The second-order valence-corrected chi connectivity index (χ2v) is 18.9. The third-order valence-corrected chi connectivity index (χ3v) is 12.9. The first kappa shape index (κ1) is 38.5. The predicted molar refractivity (Wildman–Crippen MR) is 265 cm³/mol. The highest BCUT2D eigenvalue weighted by molar-refractivity contribution is 6.21. The van der Waals surface area contributed by atoms with Gasteiger partial charge in [0.05, 0.1) is 0 Å². The first-order valence-electron chi connectivity index (χ1n) is 21.9. The third-order valence-electron chi connectivity index (χ3n) is 12.9. The van der Waals surface area contributed by atoms with E-state index in [2.05, 4.69) is 235 Å². The molecule has 0 saturated carbocycles. The second kappa shape index (κ2) is 14.8. The lowest BCUT2D eigenvalue weighted by molar-refractivity contribution is 0.590. The maximum Gasteiger partial charge on any atom is 0.0491 e. The second-order valence-electron chi connectivity index (χ2n) is 18.9. The molecule has 1 heterocycles. The van der Waals surface area contributed by atoms with Crippen LogP contribution in [-0.4, -0.2) is 4.57 Å². The minimum absolute atomic E-state index is 0.0193. The van der Waals surface area contributed by atoms with Crippen molar-refractivity contribution in [3.05, 3.63) is 193 Å². The number of fused-ring (bicyclic) bond motifs is 5. The molecule has 0 aliphatic rings. The van der Waals surface area contributed by atoms with Crippen molar-refractivity contribution >= 4 is 43.4 Å². The molecule has 298 valence electrons. The average molecular weight is 788 g/mol. The van der Waals surface area contributed by atoms with Gasteiger partial charge in [0.2, 0.25) is 0 Å². The van der Waals surface area contributed by atoms with Crippen molar-refractivity contribution in [3.8, 4) is 55.6 Å². The predicted octanol–water partition coefficient (Wildman–Crippen LogP) is 17.1. The summed E-state index contributed by atoms with van der Waals surface area (Å²) < 4.78 is 2.44. The minimum atomic E-state index is 0.0193. The average Bonchev–Trinajstić information content (AvgIpc) is 3.60. The molecule has 10 rings (SSSR count). The Bertz CT molecular complexity index is 3240. The van der Waals surface area contributed by atoms with Crippen molar-refractivity contribution in [2.75, 3.05) is 0 Å². The molecule has 0 aliphatic heterocycles. The molecule has 0 unspecified atom stereocenters. The van der Waals surface area contributed by atoms with E-state index in [1.165, 1.54) is 110 Å². The fourth-order valence-electron chi connectivity index (χ4n) is 9.51. The number of nitrogens with zero attached hydrogens (tertiary/aromatic N) is 1. The van der Waals surface area contributed by atoms with E-state index in [1.807, 2.05) is 0 Å². The maximum atomic E-state index is 2.46. The van der Waals surface area contributed by atoms with Gasteiger partial charge in [-0.2, -0.15) is 0 Å². The van der Waals surface area contributed by atoms with Gasteiger partial charge in [0, 0.05) is 28.4 Å². The van der Waals surface area contributed by atoms with Crippen molar-refractivity contribution in [1.82, 2.24) is 4.57 Å². The first-order chi connectivity index (χ1) is 29.5. The summed E-state index contributed by atoms with van der Waals surface area (Å²) in [6.45, 7) is 17.0. The van der Waals surface area contributed by atoms with Gasteiger partial charge in [0.15, 0.2) is 0 Å². The van der Waals surface area contributed by atoms with Crippen LogP contribution in [0.5, 0.6) is 0 Å². The van der Waals surface area contributed by atoms with Crippen LogP contribution in [0.3, 0.4) is 0 Å². The molecule has 1 heteroatoms. The zero-order valence-electron chi connectivity index (χ0n) is 36.5. The SMILES string of the molecule is CCn1c2ccc(-c3ccccc3)cc2c2cc(-c3ccc(-c4ccc(-c5c6ccc(C(C)(C)C)cc6c(-c6ccccc6)c6ccc(C(C)(C)C)cc56)cc4)cc3)ccc21. The van der Waals surface area contributed by atoms with Crippen molar-refractivity contribution in [2.24, 2.45) is 0 Å². The lowest BCUT2D eigenvalue weighted by Crippen LogP contribution is -2.11. The summed E-state index contributed by atoms with van der Waals surface area (Å²) in [5.41, 5.74) is 17.8. The highest BCUT2D eigenvalue weighted by Gasteiger charge is 2.23. The summed E-state index contributed by atoms with van der Waals surface area (Å²) in [7, 11) is 0. The van der Waals surface area contributed by atoms with Gasteiger partial charge in [-0.15, -0.1) is 0 Å². The van der Waals surface area contributed by atoms with Gasteiger partial charge < -0.3 is 4.57 Å². The number of hydrogen-bond donors (Lipinski definition) is 0. The Hall–Kier alpha value is -6.70. The molecule has 0 saturated heterocycles. The monoisotopic (exact) mass is 787 g/mol. The van der Waals surface area contributed by atoms with Gasteiger partial charge in [-0.3, -0.25) is 0 Å². The van der Waals surface area contributed by atoms with Gasteiger partial charge in [-0.1, -0.05) is 187 Å². The molecule has 10 aromatic rings. The standard InChI is InChI=1S/C60H53N/c1-8-61-55-33-27-45(39-15-11-9-12-16-39)35-51(55)52-36-46(28-34-56(52)61)42-21-19-40(20-22-42)41-23-25-44(26-24-41)58-50-32-30-47(59(2,3)4)37-53(50)57(43-17-13-10-14-18-43)49-31-29-48(38-54(49)58)60(5,6)7/h9-38H,8H2,1-7H3. The molecule has 0 atom stereocenters. The van der Waals surface area contributed by atoms with Crippen LogP contribution < -0.4 is 0 Å². The Morgan fingerprint density at radius 3 is 1.07 bits per heavy atom. The number of benzene rings is 9. The lowest BCUT2D eigenvalue weighted by Gasteiger charge is -2.25. The number of aromatic nitrogens is 1. The third kappa shape index (κ3) is 6.83. The fraction of sp³-hybridized carbons (Fsp3) is 0.167. The summed E-state index contributed by atoms with van der Waals surface area (Å²) >= 11 is 0. The van der Waals surface area contributed by atoms with Crippen molar-refractivity contribution < 1.29 is 0 Å². The van der Waals surface area contributed by atoms with Crippen molar-refractivity contribution in [3.63, 3.8) is 0 Å². The van der Waals surface area contributed by atoms with Gasteiger partial charge in [0.1, 0.15) is 0 Å². The van der Waals surface area contributed by atoms with Crippen LogP contribution in [0.2, 0.25) is 0 Å². The largest absolute Gasteiger partial charge is 0.341 e. The van der Waals surface area contributed by atoms with Crippen molar-refractivity contribution in [2.45, 2.75) is 65.8 Å². The summed E-state index contributed by atoms with van der Waals surface area (Å²) in [6, 6.07) is 68.3. The Labute approximate surface area is 361 Å². The molecule has 0 aliphatic carbocycles. The molecule has 9 aromatic carbocycles. The van der Waals surface area contributed by atoms with Gasteiger partial charge in [-0.25, -0.2) is 0 Å². The Kier molecular flexibility index (Phi) is 9.33. The lowest BCUT2D eigenvalue weighted by atomic mass is 9.79. The normalized spacial score (nSPS) is 12.2. The summed E-state index contributed by atoms with van der Waals surface area (Å²) in [4.78, 5) is 0. The Balaban J connectivity index is 1.06. The molecule has 0 spiro atoms. The van der Waals surface area contributed by atoms with Crippen LogP contribution in [0.15, 0.2) is 182 Å². The molecule has 0 radical (unpaired) electrons. The van der Waals surface area contributed by atoms with Crippen LogP contribution >= 0.6 is 0 Å². The Morgan fingerprint density at radius 2 is 0.656 bits per heavy atom. The molecule has 0 bridgehead atoms. The topological polar surface area (TPSA) is 4.93 Å².